The van der Waals surface area contributed by atoms with Crippen LogP contribution in [0.1, 0.15) is 85.7 Å². The van der Waals surface area contributed by atoms with Gasteiger partial charge in [0.2, 0.25) is 0 Å². The molecule has 1 N–H and O–H groups in total. The molecule has 10 heteroatoms. The van der Waals surface area contributed by atoms with Crippen LogP contribution in [-0.2, 0) is 26.3 Å². The van der Waals surface area contributed by atoms with Gasteiger partial charge in [-0.1, -0.05) is 25.3 Å². The van der Waals surface area contributed by atoms with Crippen LogP contribution in [0.25, 0.3) is 22.2 Å². The number of rotatable bonds is 7. The van der Waals surface area contributed by atoms with Gasteiger partial charge in [-0.2, -0.15) is 12.7 Å². The molecule has 2 aromatic carbocycles. The van der Waals surface area contributed by atoms with Gasteiger partial charge < -0.3 is 14.0 Å². The van der Waals surface area contributed by atoms with E-state index in [1.165, 1.54) is 26.1 Å². The molecule has 6 rings (SSSR count). The minimum Gasteiger partial charge on any atom is -0.497 e. The highest BCUT2D eigenvalue weighted by Crippen LogP contribution is 2.66. The third-order valence-corrected chi connectivity index (χ3v) is 11.3. The highest BCUT2D eigenvalue weighted by molar-refractivity contribution is 7.87. The summed E-state index contributed by atoms with van der Waals surface area (Å²) in [6.07, 6.45) is 6.34. The van der Waals surface area contributed by atoms with Crippen molar-refractivity contribution in [1.82, 2.24) is 13.6 Å². The van der Waals surface area contributed by atoms with Crippen molar-refractivity contribution in [2.24, 2.45) is 5.41 Å². The van der Waals surface area contributed by atoms with Crippen molar-refractivity contribution in [2.45, 2.75) is 76.8 Å². The Labute approximate surface area is 247 Å². The Morgan fingerprint density at radius 3 is 2.48 bits per heavy atom. The van der Waals surface area contributed by atoms with E-state index in [4.69, 9.17) is 9.47 Å². The summed E-state index contributed by atoms with van der Waals surface area (Å²) in [5.74, 6) is 0.148. The van der Waals surface area contributed by atoms with Gasteiger partial charge in [-0.25, -0.2) is 4.72 Å². The quantitative estimate of drug-likeness (QED) is 0.371. The molecule has 0 saturated heterocycles. The molecule has 2 heterocycles. The number of aromatic nitrogens is 1. The first-order valence-corrected chi connectivity index (χ1v) is 16.2. The van der Waals surface area contributed by atoms with E-state index in [2.05, 4.69) is 21.4 Å². The van der Waals surface area contributed by atoms with E-state index in [0.717, 1.165) is 63.5 Å². The number of hydrogen-bond donors (Lipinski definition) is 1. The lowest BCUT2D eigenvalue weighted by molar-refractivity contribution is -0.147. The van der Waals surface area contributed by atoms with Crippen LogP contribution in [0.2, 0.25) is 0 Å². The molecule has 42 heavy (non-hydrogen) atoms. The normalized spacial score (nSPS) is 21.8. The van der Waals surface area contributed by atoms with E-state index in [0.29, 0.717) is 18.9 Å². The third kappa shape index (κ3) is 4.50. The van der Waals surface area contributed by atoms with Crippen molar-refractivity contribution in [3.05, 3.63) is 53.1 Å². The first kappa shape index (κ1) is 28.7. The largest absolute Gasteiger partial charge is 0.497 e. The fourth-order valence-corrected chi connectivity index (χ4v) is 8.19. The van der Waals surface area contributed by atoms with Crippen LogP contribution in [0.3, 0.4) is 0 Å². The van der Waals surface area contributed by atoms with Crippen LogP contribution in [0.4, 0.5) is 0 Å². The van der Waals surface area contributed by atoms with Crippen molar-refractivity contribution < 1.29 is 27.5 Å². The number of nitrogens with one attached hydrogen (secondary N) is 1. The van der Waals surface area contributed by atoms with Crippen molar-refractivity contribution >= 4 is 33.0 Å². The van der Waals surface area contributed by atoms with Gasteiger partial charge in [0, 0.05) is 47.6 Å². The molecule has 2 fully saturated rings. The van der Waals surface area contributed by atoms with Gasteiger partial charge in [-0.05, 0) is 80.5 Å². The number of hydrogen-bond acceptors (Lipinski definition) is 6. The van der Waals surface area contributed by atoms with Gasteiger partial charge in [0.1, 0.15) is 5.75 Å². The van der Waals surface area contributed by atoms with E-state index in [-0.39, 0.29) is 23.5 Å². The lowest BCUT2D eigenvalue weighted by atomic mass is 9.81. The van der Waals surface area contributed by atoms with Crippen LogP contribution < -0.4 is 9.46 Å². The molecule has 3 aromatic rings. The van der Waals surface area contributed by atoms with Crippen molar-refractivity contribution in [2.75, 3.05) is 21.3 Å². The Hall–Kier alpha value is -3.37. The van der Waals surface area contributed by atoms with Gasteiger partial charge >= 0.3 is 16.2 Å². The number of benzene rings is 2. The highest BCUT2D eigenvalue weighted by atomic mass is 32.2. The number of carbonyl (C=O) groups excluding carboxylic acids is 2. The van der Waals surface area contributed by atoms with Gasteiger partial charge in [-0.15, -0.1) is 0 Å². The molecule has 1 aliphatic heterocycles. The smallest absolute Gasteiger partial charge is 0.314 e. The lowest BCUT2D eigenvalue weighted by Crippen LogP contribution is -2.44. The monoisotopic (exact) mass is 593 g/mol. The van der Waals surface area contributed by atoms with Crippen LogP contribution in [-0.4, -0.2) is 56.5 Å². The molecular formula is C32H39N3O6S. The molecule has 2 atom stereocenters. The number of fused-ring (bicyclic) bond motifs is 7. The van der Waals surface area contributed by atoms with E-state index < -0.39 is 21.5 Å². The maximum absolute atomic E-state index is 13.4. The third-order valence-electron chi connectivity index (χ3n) is 9.70. The maximum Gasteiger partial charge on any atom is 0.314 e. The summed E-state index contributed by atoms with van der Waals surface area (Å²) in [5.41, 5.74) is 4.83. The van der Waals surface area contributed by atoms with Crippen molar-refractivity contribution in [3.63, 3.8) is 0 Å². The second-order valence-electron chi connectivity index (χ2n) is 12.3. The Bertz CT molecular complexity index is 1690. The molecule has 3 aliphatic rings. The zero-order valence-corrected chi connectivity index (χ0v) is 25.7. The average molecular weight is 594 g/mol. The second kappa shape index (κ2) is 10.4. The van der Waals surface area contributed by atoms with E-state index >= 15 is 0 Å². The summed E-state index contributed by atoms with van der Waals surface area (Å²) in [4.78, 5) is 26.7. The Balaban J connectivity index is 1.57. The Morgan fingerprint density at radius 1 is 1.07 bits per heavy atom. The average Bonchev–Trinajstić information content (AvgIpc) is 3.66. The fraction of sp³-hybridized carbons (Fsp3) is 0.500. The molecule has 1 amide bonds. The zero-order valence-electron chi connectivity index (χ0n) is 24.9. The van der Waals surface area contributed by atoms with Crippen LogP contribution >= 0.6 is 0 Å². The van der Waals surface area contributed by atoms with Crippen LogP contribution in [0.15, 0.2) is 36.4 Å². The molecule has 1 aromatic heterocycles. The molecule has 0 radical (unpaired) electrons. The molecular weight excluding hydrogens is 554 g/mol. The highest BCUT2D eigenvalue weighted by Gasteiger charge is 2.63. The summed E-state index contributed by atoms with van der Waals surface area (Å²) in [6.45, 7) is 3.90. The summed E-state index contributed by atoms with van der Waals surface area (Å²) in [6, 6.07) is 11.2. The van der Waals surface area contributed by atoms with Crippen LogP contribution in [0, 0.1) is 5.41 Å². The van der Waals surface area contributed by atoms with Crippen LogP contribution in [0.5, 0.6) is 5.75 Å². The molecule has 9 nitrogen and oxygen atoms in total. The minimum absolute atomic E-state index is 0.00704. The SMILES string of the molecule is COC(=O)C12CC1c1cc(OC)ccc1-c1c(C3CCCCC3)c3ccc(C(=O)NS(=O)(=O)N(C)C(C)C)cc3n1C2. The van der Waals surface area contributed by atoms with E-state index in [1.807, 2.05) is 12.1 Å². The van der Waals surface area contributed by atoms with E-state index in [9.17, 15) is 18.0 Å². The van der Waals surface area contributed by atoms with Gasteiger partial charge in [0.25, 0.3) is 5.91 Å². The number of amides is 1. The standard InChI is InChI=1S/C32H39N3O6S/c1-19(2)34(3)42(38,39)33-30(36)21-11-13-24-27(15-21)35-18-32(31(37)41-5)17-26(32)25-16-22(40-4)12-14-23(25)29(35)28(24)20-9-7-6-8-10-20/h11-16,19-20,26H,6-10,17-18H2,1-5H3,(H,33,36). The maximum atomic E-state index is 13.4. The van der Waals surface area contributed by atoms with Crippen molar-refractivity contribution in [3.8, 4) is 17.0 Å². The second-order valence-corrected chi connectivity index (χ2v) is 14.0. The fourth-order valence-electron chi connectivity index (χ4n) is 7.14. The number of esters is 1. The lowest BCUT2D eigenvalue weighted by Gasteiger charge is -2.24. The first-order chi connectivity index (χ1) is 20.0. The number of ether oxygens (including phenoxy) is 2. The van der Waals surface area contributed by atoms with Gasteiger partial charge in [0.15, 0.2) is 0 Å². The minimum atomic E-state index is -4.01. The molecule has 2 saturated carbocycles. The summed E-state index contributed by atoms with van der Waals surface area (Å²) >= 11 is 0. The van der Waals surface area contributed by atoms with Crippen molar-refractivity contribution in [1.29, 1.82) is 0 Å². The first-order valence-electron chi connectivity index (χ1n) is 14.8. The zero-order chi connectivity index (χ0) is 30.0. The topological polar surface area (TPSA) is 107 Å². The van der Waals surface area contributed by atoms with Gasteiger partial charge in [0.05, 0.1) is 25.3 Å². The molecule has 2 unspecified atom stereocenters. The predicted octanol–water partition coefficient (Wildman–Crippen LogP) is 5.34. The molecule has 2 aliphatic carbocycles. The Morgan fingerprint density at radius 2 is 1.81 bits per heavy atom. The molecule has 224 valence electrons. The summed E-state index contributed by atoms with van der Waals surface area (Å²) in [5, 5.41) is 1.04. The predicted molar refractivity (Wildman–Crippen MR) is 161 cm³/mol. The number of methoxy groups -OCH3 is 2. The van der Waals surface area contributed by atoms with Gasteiger partial charge in [-0.3, -0.25) is 9.59 Å². The Kier molecular flexibility index (Phi) is 7.13. The molecule has 0 spiro atoms. The summed E-state index contributed by atoms with van der Waals surface area (Å²) in [7, 11) is 0.509. The summed E-state index contributed by atoms with van der Waals surface area (Å²) < 4.78 is 42.1. The molecule has 0 bridgehead atoms. The number of nitrogens with zero attached hydrogens (tertiary/aromatic N) is 2. The van der Waals surface area contributed by atoms with E-state index in [1.54, 1.807) is 33.1 Å². The number of carbonyl (C=O) groups is 2.